The van der Waals surface area contributed by atoms with Gasteiger partial charge in [0.2, 0.25) is 0 Å². The zero-order valence-corrected chi connectivity index (χ0v) is 16.6. The maximum Gasteiger partial charge on any atom is 0.325 e. The second kappa shape index (κ2) is 8.24. The van der Waals surface area contributed by atoms with Gasteiger partial charge in [-0.3, -0.25) is 9.59 Å². The molecule has 5 nitrogen and oxygen atoms in total. The van der Waals surface area contributed by atoms with E-state index in [1.807, 2.05) is 66.7 Å². The molecule has 1 aromatic heterocycles. The summed E-state index contributed by atoms with van der Waals surface area (Å²) in [4.78, 5) is 29.4. The molecule has 3 aromatic carbocycles. The van der Waals surface area contributed by atoms with Gasteiger partial charge in [0.1, 0.15) is 6.54 Å². The smallest absolute Gasteiger partial charge is 0.325 e. The monoisotopic (exact) mass is 402 g/mol. The molecule has 0 saturated heterocycles. The number of amides is 1. The molecule has 1 heterocycles. The second-order valence-corrected chi connectivity index (χ2v) is 7.38. The van der Waals surface area contributed by atoms with E-state index >= 15 is 0 Å². The number of esters is 1. The van der Waals surface area contributed by atoms with Crippen LogP contribution in [0.15, 0.2) is 83.9 Å². The van der Waals surface area contributed by atoms with Crippen LogP contribution in [0.3, 0.4) is 0 Å². The van der Waals surface area contributed by atoms with Crippen LogP contribution >= 0.6 is 11.3 Å². The molecular formula is C23H18N2O3S. The number of carbonyl (C=O) groups is 2. The third kappa shape index (κ3) is 4.02. The number of para-hydroxylation sites is 1. The van der Waals surface area contributed by atoms with Gasteiger partial charge in [0, 0.05) is 5.56 Å². The molecule has 0 aliphatic rings. The number of carbonyl (C=O) groups excluding carboxylic acids is 2. The van der Waals surface area contributed by atoms with Crippen molar-refractivity contribution in [2.24, 2.45) is 4.99 Å². The molecular weight excluding hydrogens is 384 g/mol. The zero-order valence-electron chi connectivity index (χ0n) is 15.7. The molecule has 1 amide bonds. The maximum atomic E-state index is 12.8. The van der Waals surface area contributed by atoms with Gasteiger partial charge in [-0.15, -0.1) is 0 Å². The van der Waals surface area contributed by atoms with Crippen molar-refractivity contribution < 1.29 is 14.3 Å². The average molecular weight is 402 g/mol. The summed E-state index contributed by atoms with van der Waals surface area (Å²) < 4.78 is 7.45. The summed E-state index contributed by atoms with van der Waals surface area (Å²) in [5.74, 6) is -0.746. The highest BCUT2D eigenvalue weighted by Crippen LogP contribution is 2.20. The van der Waals surface area contributed by atoms with Gasteiger partial charge in [0.05, 0.1) is 17.3 Å². The van der Waals surface area contributed by atoms with Crippen molar-refractivity contribution in [3.8, 4) is 11.1 Å². The third-order valence-corrected chi connectivity index (χ3v) is 5.60. The molecule has 0 atom stereocenters. The molecule has 0 unspecified atom stereocenters. The summed E-state index contributed by atoms with van der Waals surface area (Å²) in [7, 11) is 1.34. The normalized spacial score (nSPS) is 11.6. The van der Waals surface area contributed by atoms with Gasteiger partial charge in [0.25, 0.3) is 5.91 Å². The van der Waals surface area contributed by atoms with Gasteiger partial charge in [-0.25, -0.2) is 0 Å². The molecule has 0 bridgehead atoms. The van der Waals surface area contributed by atoms with Gasteiger partial charge in [-0.1, -0.05) is 65.9 Å². The van der Waals surface area contributed by atoms with Crippen molar-refractivity contribution >= 4 is 33.4 Å². The van der Waals surface area contributed by atoms with Gasteiger partial charge in [-0.05, 0) is 35.4 Å². The lowest BCUT2D eigenvalue weighted by atomic mass is 10.0. The van der Waals surface area contributed by atoms with Crippen LogP contribution in [0.25, 0.3) is 21.3 Å². The van der Waals surface area contributed by atoms with Gasteiger partial charge >= 0.3 is 5.97 Å². The number of aromatic nitrogens is 1. The molecule has 0 aliphatic heterocycles. The minimum Gasteiger partial charge on any atom is -0.468 e. The number of fused-ring (bicyclic) bond motifs is 1. The lowest BCUT2D eigenvalue weighted by molar-refractivity contribution is -0.141. The van der Waals surface area contributed by atoms with Crippen LogP contribution in [0.1, 0.15) is 10.4 Å². The molecule has 29 heavy (non-hydrogen) atoms. The second-order valence-electron chi connectivity index (χ2n) is 6.37. The van der Waals surface area contributed by atoms with Crippen LogP contribution < -0.4 is 4.80 Å². The van der Waals surface area contributed by atoms with E-state index in [1.54, 1.807) is 16.7 Å². The Morgan fingerprint density at radius 1 is 0.897 bits per heavy atom. The Hall–Kier alpha value is -3.51. The van der Waals surface area contributed by atoms with Crippen molar-refractivity contribution in [2.45, 2.75) is 6.54 Å². The molecule has 0 saturated carbocycles. The molecule has 6 heteroatoms. The highest BCUT2D eigenvalue weighted by molar-refractivity contribution is 7.16. The summed E-state index contributed by atoms with van der Waals surface area (Å²) in [6, 6.07) is 25.0. The Morgan fingerprint density at radius 3 is 2.28 bits per heavy atom. The number of ether oxygens (including phenoxy) is 1. The fraction of sp³-hybridized carbons (Fsp3) is 0.0870. The largest absolute Gasteiger partial charge is 0.468 e. The highest BCUT2D eigenvalue weighted by Gasteiger charge is 2.12. The van der Waals surface area contributed by atoms with Crippen LogP contribution in [-0.4, -0.2) is 23.6 Å². The fourth-order valence-electron chi connectivity index (χ4n) is 3.04. The maximum absolute atomic E-state index is 12.8. The first kappa shape index (κ1) is 18.8. The first-order chi connectivity index (χ1) is 14.2. The van der Waals surface area contributed by atoms with Crippen LogP contribution in [-0.2, 0) is 16.1 Å². The predicted octanol–water partition coefficient (Wildman–Crippen LogP) is 4.28. The molecule has 144 valence electrons. The SMILES string of the molecule is COC(=O)Cn1c(=NC(=O)c2ccc(-c3ccccc3)cc2)sc2ccccc21. The van der Waals surface area contributed by atoms with Crippen LogP contribution in [0.5, 0.6) is 0 Å². The van der Waals surface area contributed by atoms with E-state index in [0.29, 0.717) is 10.4 Å². The van der Waals surface area contributed by atoms with Crippen LogP contribution in [0.4, 0.5) is 0 Å². The minimum absolute atomic E-state index is 0.000425. The average Bonchev–Trinajstić information content (AvgIpc) is 3.11. The van der Waals surface area contributed by atoms with Crippen LogP contribution in [0, 0.1) is 0 Å². The highest BCUT2D eigenvalue weighted by atomic mass is 32.1. The lowest BCUT2D eigenvalue weighted by Crippen LogP contribution is -2.22. The Bertz CT molecular complexity index is 1240. The molecule has 0 fully saturated rings. The Labute approximate surface area is 171 Å². The Balaban J connectivity index is 1.70. The van der Waals surface area contributed by atoms with Gasteiger partial charge in [-0.2, -0.15) is 4.99 Å². The Morgan fingerprint density at radius 2 is 1.55 bits per heavy atom. The molecule has 4 rings (SSSR count). The third-order valence-electron chi connectivity index (χ3n) is 4.54. The topological polar surface area (TPSA) is 60.7 Å². The number of rotatable bonds is 4. The Kier molecular flexibility index (Phi) is 5.35. The van der Waals surface area contributed by atoms with Crippen molar-refractivity contribution in [2.75, 3.05) is 7.11 Å². The molecule has 4 aromatic rings. The summed E-state index contributed by atoms with van der Waals surface area (Å²) in [6.07, 6.45) is 0. The van der Waals surface area contributed by atoms with E-state index in [1.165, 1.54) is 18.4 Å². The van der Waals surface area contributed by atoms with E-state index in [9.17, 15) is 9.59 Å². The van der Waals surface area contributed by atoms with E-state index in [0.717, 1.165) is 21.3 Å². The number of benzene rings is 3. The molecule has 0 radical (unpaired) electrons. The van der Waals surface area contributed by atoms with E-state index in [4.69, 9.17) is 4.74 Å². The number of methoxy groups -OCH3 is 1. The molecule has 0 N–H and O–H groups in total. The molecule has 0 spiro atoms. The van der Waals surface area contributed by atoms with Gasteiger partial charge < -0.3 is 9.30 Å². The van der Waals surface area contributed by atoms with E-state index < -0.39 is 5.97 Å². The quantitative estimate of drug-likeness (QED) is 0.479. The van der Waals surface area contributed by atoms with E-state index in [-0.39, 0.29) is 12.5 Å². The fourth-order valence-corrected chi connectivity index (χ4v) is 4.07. The predicted molar refractivity (Wildman–Crippen MR) is 114 cm³/mol. The standard InChI is InChI=1S/C23H18N2O3S/c1-28-21(26)15-25-19-9-5-6-10-20(19)29-23(25)24-22(27)18-13-11-17(12-14-18)16-7-3-2-4-8-16/h2-14H,15H2,1H3. The van der Waals surface area contributed by atoms with Gasteiger partial charge in [0.15, 0.2) is 4.80 Å². The molecule has 0 aliphatic carbocycles. The minimum atomic E-state index is -0.394. The number of hydrogen-bond acceptors (Lipinski definition) is 4. The summed E-state index contributed by atoms with van der Waals surface area (Å²) >= 11 is 1.37. The lowest BCUT2D eigenvalue weighted by Gasteiger charge is -2.04. The summed E-state index contributed by atoms with van der Waals surface area (Å²) in [5, 5.41) is 0. The van der Waals surface area contributed by atoms with E-state index in [2.05, 4.69) is 4.99 Å². The summed E-state index contributed by atoms with van der Waals surface area (Å²) in [6.45, 7) is -0.000425. The zero-order chi connectivity index (χ0) is 20.2. The number of hydrogen-bond donors (Lipinski definition) is 0. The number of thiazole rings is 1. The summed E-state index contributed by atoms with van der Waals surface area (Å²) in [5.41, 5.74) is 3.45. The van der Waals surface area contributed by atoms with Crippen molar-refractivity contribution in [1.82, 2.24) is 4.57 Å². The first-order valence-electron chi connectivity index (χ1n) is 9.05. The number of nitrogens with zero attached hydrogens (tertiary/aromatic N) is 2. The van der Waals surface area contributed by atoms with Crippen molar-refractivity contribution in [3.63, 3.8) is 0 Å². The van der Waals surface area contributed by atoms with Crippen molar-refractivity contribution in [3.05, 3.63) is 89.2 Å². The van der Waals surface area contributed by atoms with Crippen molar-refractivity contribution in [1.29, 1.82) is 0 Å². The first-order valence-corrected chi connectivity index (χ1v) is 9.87. The van der Waals surface area contributed by atoms with Crippen LogP contribution in [0.2, 0.25) is 0 Å².